The molecule has 2 aliphatic heterocycles. The third kappa shape index (κ3) is 3.88. The van der Waals surface area contributed by atoms with Crippen LogP contribution in [0.25, 0.3) is 22.2 Å². The van der Waals surface area contributed by atoms with Gasteiger partial charge in [-0.1, -0.05) is 18.2 Å². The number of methoxy groups -OCH3 is 1. The number of nitrogens with zero attached hydrogens (tertiary/aromatic N) is 3. The number of benzene rings is 1. The monoisotopic (exact) mass is 421 g/mol. The van der Waals surface area contributed by atoms with Crippen molar-refractivity contribution in [1.82, 2.24) is 25.2 Å². The van der Waals surface area contributed by atoms with Gasteiger partial charge < -0.3 is 24.7 Å². The van der Waals surface area contributed by atoms with E-state index in [2.05, 4.69) is 26.3 Å². The van der Waals surface area contributed by atoms with E-state index >= 15 is 0 Å². The van der Waals surface area contributed by atoms with E-state index < -0.39 is 0 Å². The van der Waals surface area contributed by atoms with Crippen molar-refractivity contribution in [3.8, 4) is 17.1 Å². The van der Waals surface area contributed by atoms with Crippen LogP contribution in [0, 0.1) is 0 Å². The Morgan fingerprint density at radius 3 is 2.87 bits per heavy atom. The second-order valence-corrected chi connectivity index (χ2v) is 8.27. The summed E-state index contributed by atoms with van der Waals surface area (Å²) in [5.74, 6) is 1.40. The second-order valence-electron chi connectivity index (χ2n) is 8.27. The van der Waals surface area contributed by atoms with Gasteiger partial charge in [-0.2, -0.15) is 0 Å². The Morgan fingerprint density at radius 2 is 2.13 bits per heavy atom. The first-order valence-electron chi connectivity index (χ1n) is 10.7. The maximum atomic E-state index is 12.3. The van der Waals surface area contributed by atoms with Crippen LogP contribution < -0.4 is 10.1 Å². The highest BCUT2D eigenvalue weighted by Crippen LogP contribution is 2.34. The number of para-hydroxylation sites is 1. The summed E-state index contributed by atoms with van der Waals surface area (Å²) < 4.78 is 10.8. The van der Waals surface area contributed by atoms with Crippen molar-refractivity contribution in [2.45, 2.75) is 37.9 Å². The van der Waals surface area contributed by atoms with Crippen molar-refractivity contribution in [3.05, 3.63) is 42.4 Å². The van der Waals surface area contributed by atoms with Crippen LogP contribution in [-0.4, -0.2) is 64.7 Å². The van der Waals surface area contributed by atoms with Crippen LogP contribution in [0.4, 0.5) is 0 Å². The van der Waals surface area contributed by atoms with E-state index in [1.165, 1.54) is 0 Å². The molecule has 1 aromatic carbocycles. The number of ether oxygens (including phenoxy) is 2. The van der Waals surface area contributed by atoms with Crippen LogP contribution >= 0.6 is 0 Å². The predicted octanol–water partition coefficient (Wildman–Crippen LogP) is 2.67. The molecular formula is C23H27N5O3. The minimum Gasteiger partial charge on any atom is -0.480 e. The van der Waals surface area contributed by atoms with Crippen LogP contribution in [0.2, 0.25) is 0 Å². The normalized spacial score (nSPS) is 21.8. The number of nitrogens with one attached hydrogen (secondary N) is 2. The minimum absolute atomic E-state index is 0.0679. The first-order valence-corrected chi connectivity index (χ1v) is 10.7. The molecule has 8 nitrogen and oxygen atoms in total. The molecule has 0 saturated carbocycles. The fourth-order valence-corrected chi connectivity index (χ4v) is 4.51. The quantitative estimate of drug-likeness (QED) is 0.658. The SMILES string of the molecule is COc1nc2ccccc2cc1-c1cnc([C@@H]2C[C@@H](NC3COC3)CCN2C(C)=O)[nH]1. The zero-order chi connectivity index (χ0) is 21.4. The Bertz CT molecular complexity index is 1090. The Hall–Kier alpha value is -2.97. The molecule has 31 heavy (non-hydrogen) atoms. The Morgan fingerprint density at radius 1 is 1.29 bits per heavy atom. The van der Waals surface area contributed by atoms with Crippen molar-refractivity contribution in [2.75, 3.05) is 26.9 Å². The average Bonchev–Trinajstić information content (AvgIpc) is 3.25. The van der Waals surface area contributed by atoms with Crippen LogP contribution in [0.3, 0.4) is 0 Å². The van der Waals surface area contributed by atoms with Gasteiger partial charge in [-0.15, -0.1) is 0 Å². The Kier molecular flexibility index (Phi) is 5.33. The van der Waals surface area contributed by atoms with Crippen molar-refractivity contribution in [2.24, 2.45) is 0 Å². The molecule has 0 spiro atoms. The van der Waals surface area contributed by atoms with E-state index in [-0.39, 0.29) is 11.9 Å². The van der Waals surface area contributed by atoms with Crippen molar-refractivity contribution >= 4 is 16.8 Å². The molecule has 1 amide bonds. The molecule has 162 valence electrons. The summed E-state index contributed by atoms with van der Waals surface area (Å²) in [5.41, 5.74) is 2.56. The lowest BCUT2D eigenvalue weighted by atomic mass is 9.95. The van der Waals surface area contributed by atoms with Gasteiger partial charge in [0.1, 0.15) is 5.82 Å². The molecule has 0 unspecified atom stereocenters. The third-order valence-corrected chi connectivity index (χ3v) is 6.20. The maximum Gasteiger partial charge on any atom is 0.223 e. The molecule has 3 aromatic rings. The smallest absolute Gasteiger partial charge is 0.223 e. The summed E-state index contributed by atoms with van der Waals surface area (Å²) in [6.45, 7) is 3.86. The minimum atomic E-state index is -0.0992. The van der Waals surface area contributed by atoms with E-state index in [4.69, 9.17) is 9.47 Å². The van der Waals surface area contributed by atoms with Gasteiger partial charge in [0, 0.05) is 24.9 Å². The van der Waals surface area contributed by atoms with Crippen LogP contribution in [0.15, 0.2) is 36.5 Å². The molecule has 2 fully saturated rings. The lowest BCUT2D eigenvalue weighted by Crippen LogP contribution is -2.54. The highest BCUT2D eigenvalue weighted by atomic mass is 16.5. The summed E-state index contributed by atoms with van der Waals surface area (Å²) in [6.07, 6.45) is 3.55. The van der Waals surface area contributed by atoms with Crippen molar-refractivity contribution in [3.63, 3.8) is 0 Å². The molecule has 8 heteroatoms. The lowest BCUT2D eigenvalue weighted by Gasteiger charge is -2.41. The van der Waals surface area contributed by atoms with Gasteiger partial charge in [-0.25, -0.2) is 9.97 Å². The summed E-state index contributed by atoms with van der Waals surface area (Å²) >= 11 is 0. The van der Waals surface area contributed by atoms with Gasteiger partial charge in [-0.05, 0) is 25.0 Å². The molecular weight excluding hydrogens is 394 g/mol. The third-order valence-electron chi connectivity index (χ3n) is 6.20. The summed E-state index contributed by atoms with van der Waals surface area (Å²) in [6, 6.07) is 10.7. The summed E-state index contributed by atoms with van der Waals surface area (Å²) in [7, 11) is 1.62. The van der Waals surface area contributed by atoms with E-state index in [1.54, 1.807) is 20.2 Å². The van der Waals surface area contributed by atoms with Gasteiger partial charge in [-0.3, -0.25) is 4.79 Å². The maximum absolute atomic E-state index is 12.3. The van der Waals surface area contributed by atoms with Gasteiger partial charge in [0.2, 0.25) is 11.8 Å². The number of hydrogen-bond donors (Lipinski definition) is 2. The largest absolute Gasteiger partial charge is 0.480 e. The predicted molar refractivity (Wildman–Crippen MR) is 117 cm³/mol. The van der Waals surface area contributed by atoms with Crippen molar-refractivity contribution in [1.29, 1.82) is 0 Å². The Labute approximate surface area is 181 Å². The molecule has 2 aromatic heterocycles. The zero-order valence-corrected chi connectivity index (χ0v) is 17.8. The van der Waals surface area contributed by atoms with Gasteiger partial charge in [0.15, 0.2) is 0 Å². The standard InChI is InChI=1S/C23H27N5O3/c1-14(29)28-8-7-16(25-17-12-31-13-17)10-21(28)22-24-11-20(26-22)18-9-15-5-3-4-6-19(15)27-23(18)30-2/h3-6,9,11,16-17,21,25H,7-8,10,12-13H2,1-2H3,(H,24,26)/t16-,21-/m0/s1. The second kappa shape index (κ2) is 8.28. The molecule has 0 bridgehead atoms. The van der Waals surface area contributed by atoms with E-state index in [1.807, 2.05) is 29.2 Å². The number of carbonyl (C=O) groups excluding carboxylic acids is 1. The number of hydrogen-bond acceptors (Lipinski definition) is 6. The number of likely N-dealkylation sites (tertiary alicyclic amines) is 1. The molecule has 2 aliphatic rings. The highest BCUT2D eigenvalue weighted by Gasteiger charge is 2.35. The number of aromatic amines is 1. The van der Waals surface area contributed by atoms with E-state index in [0.717, 1.165) is 54.0 Å². The number of piperidine rings is 1. The molecule has 5 rings (SSSR count). The zero-order valence-electron chi connectivity index (χ0n) is 17.8. The number of fused-ring (bicyclic) bond motifs is 1. The first-order chi connectivity index (χ1) is 15.1. The van der Waals surface area contributed by atoms with Gasteiger partial charge >= 0.3 is 0 Å². The molecule has 0 radical (unpaired) electrons. The van der Waals surface area contributed by atoms with E-state index in [9.17, 15) is 4.79 Å². The first kappa shape index (κ1) is 20.0. The number of pyridine rings is 1. The summed E-state index contributed by atoms with van der Waals surface area (Å²) in [4.78, 5) is 27.0. The number of imidazole rings is 1. The number of carbonyl (C=O) groups is 1. The van der Waals surface area contributed by atoms with Crippen LogP contribution in [0.5, 0.6) is 5.88 Å². The Balaban J connectivity index is 1.45. The summed E-state index contributed by atoms with van der Waals surface area (Å²) in [5, 5.41) is 4.69. The molecule has 2 N–H and O–H groups in total. The number of aromatic nitrogens is 3. The van der Waals surface area contributed by atoms with Crippen LogP contribution in [0.1, 0.15) is 31.6 Å². The molecule has 4 heterocycles. The van der Waals surface area contributed by atoms with Crippen molar-refractivity contribution < 1.29 is 14.3 Å². The average molecular weight is 422 g/mol. The fourth-order valence-electron chi connectivity index (χ4n) is 4.51. The van der Waals surface area contributed by atoms with Gasteiger partial charge in [0.25, 0.3) is 0 Å². The fraction of sp³-hybridized carbons (Fsp3) is 0.435. The molecule has 2 saturated heterocycles. The molecule has 2 atom stereocenters. The van der Waals surface area contributed by atoms with E-state index in [0.29, 0.717) is 24.5 Å². The number of amides is 1. The van der Waals surface area contributed by atoms with Crippen LogP contribution in [-0.2, 0) is 9.53 Å². The number of rotatable bonds is 5. The lowest BCUT2D eigenvalue weighted by molar-refractivity contribution is -0.133. The topological polar surface area (TPSA) is 92.4 Å². The number of H-pyrrole nitrogens is 1. The van der Waals surface area contributed by atoms with Gasteiger partial charge in [0.05, 0.1) is 55.4 Å². The molecule has 0 aliphatic carbocycles. The highest BCUT2D eigenvalue weighted by molar-refractivity contribution is 5.85.